The Morgan fingerprint density at radius 1 is 1.50 bits per heavy atom. The van der Waals surface area contributed by atoms with Gasteiger partial charge >= 0.3 is 0 Å². The maximum atomic E-state index is 3.55. The third-order valence-electron chi connectivity index (χ3n) is 0.427. The normalized spacial score (nSPS) is 6.33. The first-order valence-electron chi connectivity index (χ1n) is 2.16. The highest BCUT2D eigenvalue weighted by atomic mass is 13.6. The third-order valence-corrected chi connectivity index (χ3v) is 0.427. The molecule has 0 aliphatic heterocycles. The quantitative estimate of drug-likeness (QED) is 0.389. The number of hydrogen-bond donors (Lipinski definition) is 0. The molecule has 0 fully saturated rings. The van der Waals surface area contributed by atoms with Crippen LogP contribution >= 0.6 is 0 Å². The lowest BCUT2D eigenvalue weighted by atomic mass is 10.4. The SMILES string of the molecule is [CH2]CC#CCC. The van der Waals surface area contributed by atoms with Gasteiger partial charge < -0.3 is 0 Å². The molecule has 0 aliphatic carbocycles. The van der Waals surface area contributed by atoms with Crippen molar-refractivity contribution in [1.29, 1.82) is 0 Å². The van der Waals surface area contributed by atoms with Crippen molar-refractivity contribution in [3.8, 4) is 11.8 Å². The Morgan fingerprint density at radius 3 is 2.33 bits per heavy atom. The lowest BCUT2D eigenvalue weighted by molar-refractivity contribution is 1.27. The molecule has 0 spiro atoms. The maximum absolute atomic E-state index is 3.55. The van der Waals surface area contributed by atoms with Crippen LogP contribution in [0.2, 0.25) is 0 Å². The van der Waals surface area contributed by atoms with Crippen molar-refractivity contribution in [3.63, 3.8) is 0 Å². The standard InChI is InChI=1S/C6H9/c1-3-5-6-4-2/h1,3-4H2,2H3. The summed E-state index contributed by atoms with van der Waals surface area (Å²) >= 11 is 0. The van der Waals surface area contributed by atoms with Gasteiger partial charge in [-0.2, -0.15) is 0 Å². The zero-order valence-corrected chi connectivity index (χ0v) is 4.12. The van der Waals surface area contributed by atoms with E-state index in [-0.39, 0.29) is 0 Å². The molecule has 0 aromatic carbocycles. The average molecular weight is 81.1 g/mol. The van der Waals surface area contributed by atoms with Crippen LogP contribution in [-0.2, 0) is 0 Å². The van der Waals surface area contributed by atoms with E-state index in [0.717, 1.165) is 12.8 Å². The molecule has 0 amide bonds. The molecule has 1 radical (unpaired) electrons. The van der Waals surface area contributed by atoms with E-state index in [4.69, 9.17) is 0 Å². The van der Waals surface area contributed by atoms with E-state index in [9.17, 15) is 0 Å². The van der Waals surface area contributed by atoms with Gasteiger partial charge in [-0.25, -0.2) is 0 Å². The van der Waals surface area contributed by atoms with Gasteiger partial charge in [0.1, 0.15) is 0 Å². The van der Waals surface area contributed by atoms with Gasteiger partial charge in [-0.05, 0) is 6.92 Å². The Labute approximate surface area is 39.6 Å². The second kappa shape index (κ2) is 4.56. The summed E-state index contributed by atoms with van der Waals surface area (Å²) in [4.78, 5) is 0. The van der Waals surface area contributed by atoms with Crippen LogP contribution in [-0.4, -0.2) is 0 Å². The van der Waals surface area contributed by atoms with Crippen LogP contribution in [0.4, 0.5) is 0 Å². The van der Waals surface area contributed by atoms with Crippen molar-refractivity contribution >= 4 is 0 Å². The van der Waals surface area contributed by atoms with Gasteiger partial charge in [0, 0.05) is 12.8 Å². The van der Waals surface area contributed by atoms with Gasteiger partial charge in [0.2, 0.25) is 0 Å². The molecule has 0 N–H and O–H groups in total. The van der Waals surface area contributed by atoms with Crippen LogP contribution < -0.4 is 0 Å². The summed E-state index contributed by atoms with van der Waals surface area (Å²) in [6.45, 7) is 5.58. The Morgan fingerprint density at radius 2 is 2.17 bits per heavy atom. The summed E-state index contributed by atoms with van der Waals surface area (Å²) < 4.78 is 0. The molecule has 33 valence electrons. The van der Waals surface area contributed by atoms with Crippen molar-refractivity contribution in [2.75, 3.05) is 0 Å². The fraction of sp³-hybridized carbons (Fsp3) is 0.500. The maximum Gasteiger partial charge on any atom is 0.00890 e. The first-order valence-corrected chi connectivity index (χ1v) is 2.16. The molecule has 0 bridgehead atoms. The van der Waals surface area contributed by atoms with E-state index in [1.165, 1.54) is 0 Å². The summed E-state index contributed by atoms with van der Waals surface area (Å²) in [5, 5.41) is 0. The molecule has 0 atom stereocenters. The summed E-state index contributed by atoms with van der Waals surface area (Å²) in [6.07, 6.45) is 1.70. The zero-order valence-electron chi connectivity index (χ0n) is 4.12. The molecular formula is C6H9. The molecular weight excluding hydrogens is 72.1 g/mol. The van der Waals surface area contributed by atoms with Gasteiger partial charge in [0.25, 0.3) is 0 Å². The minimum atomic E-state index is 0.744. The average Bonchev–Trinajstić information content (AvgIpc) is 1.61. The summed E-state index contributed by atoms with van der Waals surface area (Å²) in [7, 11) is 0. The van der Waals surface area contributed by atoms with Crippen LogP contribution in [0.1, 0.15) is 19.8 Å². The largest absolute Gasteiger partial charge is 0.104 e. The molecule has 6 heavy (non-hydrogen) atoms. The summed E-state index contributed by atoms with van der Waals surface area (Å²) in [5.74, 6) is 5.72. The number of rotatable bonds is 0. The van der Waals surface area contributed by atoms with Crippen LogP contribution in [0.25, 0.3) is 0 Å². The summed E-state index contributed by atoms with van der Waals surface area (Å²) in [6, 6.07) is 0. The van der Waals surface area contributed by atoms with Crippen LogP contribution in [0.3, 0.4) is 0 Å². The minimum Gasteiger partial charge on any atom is -0.104 e. The topological polar surface area (TPSA) is 0 Å². The molecule has 0 saturated heterocycles. The molecule has 0 aromatic rings. The van der Waals surface area contributed by atoms with E-state index in [1.54, 1.807) is 0 Å². The smallest absolute Gasteiger partial charge is 0.00890 e. The molecule has 0 unspecified atom stereocenters. The molecule has 0 rings (SSSR count). The molecule has 0 aliphatic rings. The van der Waals surface area contributed by atoms with Crippen molar-refractivity contribution in [2.45, 2.75) is 19.8 Å². The third kappa shape index (κ3) is 3.56. The van der Waals surface area contributed by atoms with E-state index < -0.39 is 0 Å². The van der Waals surface area contributed by atoms with E-state index in [2.05, 4.69) is 18.8 Å². The van der Waals surface area contributed by atoms with Crippen molar-refractivity contribution < 1.29 is 0 Å². The van der Waals surface area contributed by atoms with E-state index in [1.807, 2.05) is 6.92 Å². The van der Waals surface area contributed by atoms with Gasteiger partial charge in [0.05, 0.1) is 0 Å². The van der Waals surface area contributed by atoms with Crippen LogP contribution in [0.5, 0.6) is 0 Å². The fourth-order valence-corrected chi connectivity index (χ4v) is 0.213. The van der Waals surface area contributed by atoms with Crippen LogP contribution in [0.15, 0.2) is 0 Å². The van der Waals surface area contributed by atoms with Crippen molar-refractivity contribution in [2.24, 2.45) is 0 Å². The lowest BCUT2D eigenvalue weighted by Crippen LogP contribution is -1.52. The molecule has 0 aromatic heterocycles. The molecule has 0 heterocycles. The highest BCUT2D eigenvalue weighted by molar-refractivity contribution is 4.97. The Hall–Kier alpha value is -0.440. The molecule has 0 heteroatoms. The fourth-order valence-electron chi connectivity index (χ4n) is 0.213. The van der Waals surface area contributed by atoms with Crippen molar-refractivity contribution in [3.05, 3.63) is 6.92 Å². The van der Waals surface area contributed by atoms with Gasteiger partial charge in [0.15, 0.2) is 0 Å². The minimum absolute atomic E-state index is 0.744. The van der Waals surface area contributed by atoms with E-state index in [0.29, 0.717) is 0 Å². The first kappa shape index (κ1) is 5.56. The monoisotopic (exact) mass is 81.1 g/mol. The highest BCUT2D eigenvalue weighted by Crippen LogP contribution is 1.69. The molecule has 0 nitrogen and oxygen atoms in total. The van der Waals surface area contributed by atoms with Gasteiger partial charge in [-0.3, -0.25) is 0 Å². The second-order valence-corrected chi connectivity index (χ2v) is 0.957. The van der Waals surface area contributed by atoms with Crippen LogP contribution in [0, 0.1) is 18.8 Å². The van der Waals surface area contributed by atoms with Gasteiger partial charge in [-0.1, -0.05) is 6.92 Å². The predicted molar refractivity (Wildman–Crippen MR) is 28.0 cm³/mol. The Balaban J connectivity index is 2.90. The number of hydrogen-bond acceptors (Lipinski definition) is 0. The Bertz CT molecular complexity index is 53.8. The predicted octanol–water partition coefficient (Wildman–Crippen LogP) is 1.62. The van der Waals surface area contributed by atoms with Crippen molar-refractivity contribution in [1.82, 2.24) is 0 Å². The van der Waals surface area contributed by atoms with Gasteiger partial charge in [-0.15, -0.1) is 11.8 Å². The first-order chi connectivity index (χ1) is 2.91. The highest BCUT2D eigenvalue weighted by Gasteiger charge is 1.56. The van der Waals surface area contributed by atoms with E-state index >= 15 is 0 Å². The summed E-state index contributed by atoms with van der Waals surface area (Å²) in [5.41, 5.74) is 0. The second-order valence-electron chi connectivity index (χ2n) is 0.957. The Kier molecular flexibility index (Phi) is 4.23. The molecule has 0 saturated carbocycles. The zero-order chi connectivity index (χ0) is 4.83. The lowest BCUT2D eigenvalue weighted by Gasteiger charge is -1.65.